The van der Waals surface area contributed by atoms with Crippen molar-refractivity contribution in [3.63, 3.8) is 0 Å². The molecule has 0 spiro atoms. The van der Waals surface area contributed by atoms with Crippen LogP contribution in [0.3, 0.4) is 0 Å². The summed E-state index contributed by atoms with van der Waals surface area (Å²) >= 11 is 9.20. The van der Waals surface area contributed by atoms with Crippen molar-refractivity contribution in [2.75, 3.05) is 5.32 Å². The molecule has 1 atom stereocenters. The van der Waals surface area contributed by atoms with Crippen LogP contribution in [0.4, 0.5) is 15.8 Å². The number of non-ortho nitro benzene ring substituents is 1. The Balaban J connectivity index is 2.28. The summed E-state index contributed by atoms with van der Waals surface area (Å²) in [5, 5.41) is 14.1. The van der Waals surface area contributed by atoms with Gasteiger partial charge < -0.3 is 5.32 Å². The smallest absolute Gasteiger partial charge is 0.271 e. The molecule has 2 aromatic rings. The molecule has 0 amide bonds. The number of nitro benzene ring substituents is 1. The lowest BCUT2D eigenvalue weighted by Gasteiger charge is -2.17. The molecule has 0 bridgehead atoms. The molecule has 21 heavy (non-hydrogen) atoms. The molecule has 7 heteroatoms. The molecule has 0 aliphatic carbocycles. The fraction of sp³-hybridized carbons (Fsp3) is 0.143. The van der Waals surface area contributed by atoms with Gasteiger partial charge in [0.15, 0.2) is 0 Å². The lowest BCUT2D eigenvalue weighted by atomic mass is 10.1. The van der Waals surface area contributed by atoms with E-state index in [4.69, 9.17) is 11.6 Å². The van der Waals surface area contributed by atoms with Gasteiger partial charge >= 0.3 is 0 Å². The van der Waals surface area contributed by atoms with Crippen molar-refractivity contribution >= 4 is 38.9 Å². The van der Waals surface area contributed by atoms with Gasteiger partial charge in [0.25, 0.3) is 5.69 Å². The van der Waals surface area contributed by atoms with Crippen molar-refractivity contribution in [3.05, 3.63) is 67.4 Å². The number of nitrogens with one attached hydrogen (secondary N) is 1. The maximum Gasteiger partial charge on any atom is 0.271 e. The van der Waals surface area contributed by atoms with Crippen LogP contribution < -0.4 is 5.32 Å². The first-order valence-electron chi connectivity index (χ1n) is 6.04. The minimum absolute atomic E-state index is 0.0784. The second-order valence-electron chi connectivity index (χ2n) is 4.45. The highest BCUT2D eigenvalue weighted by molar-refractivity contribution is 9.10. The molecule has 0 aromatic heterocycles. The number of benzene rings is 2. The molecule has 2 rings (SSSR count). The summed E-state index contributed by atoms with van der Waals surface area (Å²) in [6.45, 7) is 1.75. The Morgan fingerprint density at radius 3 is 2.67 bits per heavy atom. The average molecular weight is 374 g/mol. The Morgan fingerprint density at radius 1 is 1.33 bits per heavy atom. The molecule has 1 unspecified atom stereocenters. The summed E-state index contributed by atoms with van der Waals surface area (Å²) in [5.74, 6) is -0.370. The summed E-state index contributed by atoms with van der Waals surface area (Å²) in [4.78, 5) is 10.3. The zero-order chi connectivity index (χ0) is 15.6. The van der Waals surface area contributed by atoms with Crippen molar-refractivity contribution in [2.45, 2.75) is 13.0 Å². The lowest BCUT2D eigenvalue weighted by molar-refractivity contribution is -0.384. The van der Waals surface area contributed by atoms with Gasteiger partial charge in [-0.15, -0.1) is 0 Å². The van der Waals surface area contributed by atoms with Crippen LogP contribution >= 0.6 is 27.5 Å². The van der Waals surface area contributed by atoms with E-state index < -0.39 is 11.0 Å². The second kappa shape index (κ2) is 6.41. The molecule has 4 nitrogen and oxygen atoms in total. The fourth-order valence-corrected chi connectivity index (χ4v) is 2.41. The SMILES string of the molecule is CC(Nc1cc([N+](=O)[O-])ccc1Cl)c1ccc(Br)cc1F. The number of rotatable bonds is 4. The van der Waals surface area contributed by atoms with E-state index in [0.29, 0.717) is 20.7 Å². The van der Waals surface area contributed by atoms with Crippen LogP contribution in [-0.2, 0) is 0 Å². The second-order valence-corrected chi connectivity index (χ2v) is 5.78. The standard InChI is InChI=1S/C14H11BrClFN2O2/c1-8(11-4-2-9(15)6-13(11)17)18-14-7-10(19(20)21)3-5-12(14)16/h2-8,18H,1H3. The van der Waals surface area contributed by atoms with Gasteiger partial charge in [-0.3, -0.25) is 10.1 Å². The topological polar surface area (TPSA) is 55.2 Å². The van der Waals surface area contributed by atoms with E-state index in [-0.39, 0.29) is 11.5 Å². The van der Waals surface area contributed by atoms with E-state index in [1.165, 1.54) is 24.3 Å². The summed E-state index contributed by atoms with van der Waals surface area (Å²) in [6.07, 6.45) is 0. The van der Waals surface area contributed by atoms with E-state index in [1.807, 2.05) is 0 Å². The molecule has 2 aromatic carbocycles. The number of nitrogens with zero attached hydrogens (tertiary/aromatic N) is 1. The number of halogens is 3. The number of hydrogen-bond acceptors (Lipinski definition) is 3. The zero-order valence-electron chi connectivity index (χ0n) is 10.9. The molecule has 0 saturated carbocycles. The predicted octanol–water partition coefficient (Wildman–Crippen LogP) is 5.32. The third kappa shape index (κ3) is 3.71. The van der Waals surface area contributed by atoms with Gasteiger partial charge in [-0.25, -0.2) is 4.39 Å². The predicted molar refractivity (Wildman–Crippen MR) is 84.2 cm³/mol. The Bertz CT molecular complexity index is 697. The molecule has 0 saturated heterocycles. The molecular formula is C14H11BrClFN2O2. The first kappa shape index (κ1) is 15.7. The third-order valence-electron chi connectivity index (χ3n) is 2.96. The highest BCUT2D eigenvalue weighted by atomic mass is 79.9. The largest absolute Gasteiger partial charge is 0.377 e. The molecule has 0 fully saturated rings. The Morgan fingerprint density at radius 2 is 2.05 bits per heavy atom. The van der Waals surface area contributed by atoms with E-state index in [1.54, 1.807) is 19.1 Å². The van der Waals surface area contributed by atoms with Gasteiger partial charge in [-0.1, -0.05) is 33.6 Å². The van der Waals surface area contributed by atoms with Crippen molar-refractivity contribution in [1.29, 1.82) is 0 Å². The van der Waals surface area contributed by atoms with E-state index >= 15 is 0 Å². The van der Waals surface area contributed by atoms with Gasteiger partial charge in [0.1, 0.15) is 5.82 Å². The zero-order valence-corrected chi connectivity index (χ0v) is 13.3. The van der Waals surface area contributed by atoms with Crippen LogP contribution in [0.15, 0.2) is 40.9 Å². The Hall–Kier alpha value is -1.66. The van der Waals surface area contributed by atoms with Gasteiger partial charge in [-0.05, 0) is 25.1 Å². The monoisotopic (exact) mass is 372 g/mol. The van der Waals surface area contributed by atoms with Crippen molar-refractivity contribution < 1.29 is 9.31 Å². The fourth-order valence-electron chi connectivity index (χ4n) is 1.90. The first-order chi connectivity index (χ1) is 9.88. The molecular weight excluding hydrogens is 363 g/mol. The highest BCUT2D eigenvalue weighted by Crippen LogP contribution is 2.31. The molecule has 1 N–H and O–H groups in total. The van der Waals surface area contributed by atoms with E-state index in [0.717, 1.165) is 0 Å². The molecule has 0 heterocycles. The van der Waals surface area contributed by atoms with Gasteiger partial charge in [0.2, 0.25) is 0 Å². The minimum atomic E-state index is -0.508. The molecule has 0 aliphatic heterocycles. The first-order valence-corrected chi connectivity index (χ1v) is 7.21. The van der Waals surface area contributed by atoms with Crippen molar-refractivity contribution in [1.82, 2.24) is 0 Å². The van der Waals surface area contributed by atoms with Crippen LogP contribution in [0.2, 0.25) is 5.02 Å². The van der Waals surface area contributed by atoms with E-state index in [2.05, 4.69) is 21.2 Å². The van der Waals surface area contributed by atoms with Gasteiger partial charge in [0, 0.05) is 22.2 Å². The summed E-state index contributed by atoms with van der Waals surface area (Å²) in [7, 11) is 0. The quantitative estimate of drug-likeness (QED) is 0.582. The van der Waals surface area contributed by atoms with Crippen LogP contribution in [-0.4, -0.2) is 4.92 Å². The molecule has 0 aliphatic rings. The minimum Gasteiger partial charge on any atom is -0.377 e. The van der Waals surface area contributed by atoms with Crippen LogP contribution in [0.5, 0.6) is 0 Å². The van der Waals surface area contributed by atoms with Crippen molar-refractivity contribution in [3.8, 4) is 0 Å². The van der Waals surface area contributed by atoms with Crippen LogP contribution in [0.1, 0.15) is 18.5 Å². The Kier molecular flexibility index (Phi) is 4.80. The normalized spacial score (nSPS) is 12.0. The van der Waals surface area contributed by atoms with E-state index in [9.17, 15) is 14.5 Å². The van der Waals surface area contributed by atoms with Crippen LogP contribution in [0, 0.1) is 15.9 Å². The number of nitro groups is 1. The Labute approximate surface area is 134 Å². The number of hydrogen-bond donors (Lipinski definition) is 1. The van der Waals surface area contributed by atoms with Gasteiger partial charge in [-0.2, -0.15) is 0 Å². The van der Waals surface area contributed by atoms with Crippen molar-refractivity contribution in [2.24, 2.45) is 0 Å². The molecule has 110 valence electrons. The molecule has 0 radical (unpaired) electrons. The highest BCUT2D eigenvalue weighted by Gasteiger charge is 2.15. The summed E-state index contributed by atoms with van der Waals surface area (Å²) in [5.41, 5.74) is 0.756. The summed E-state index contributed by atoms with van der Waals surface area (Å²) in [6, 6.07) is 8.43. The van der Waals surface area contributed by atoms with Gasteiger partial charge in [0.05, 0.1) is 21.7 Å². The lowest BCUT2D eigenvalue weighted by Crippen LogP contribution is -2.09. The maximum absolute atomic E-state index is 13.9. The number of anilines is 1. The third-order valence-corrected chi connectivity index (χ3v) is 3.78. The maximum atomic E-state index is 13.9. The summed E-state index contributed by atoms with van der Waals surface area (Å²) < 4.78 is 14.5. The average Bonchev–Trinajstić information content (AvgIpc) is 2.40. The van der Waals surface area contributed by atoms with Crippen LogP contribution in [0.25, 0.3) is 0 Å².